The van der Waals surface area contributed by atoms with Gasteiger partial charge in [-0.05, 0) is 42.0 Å². The average molecular weight is 401 g/mol. The number of urea groups is 1. The van der Waals surface area contributed by atoms with Gasteiger partial charge in [-0.2, -0.15) is 0 Å². The molecular weight excluding hydrogens is 372 g/mol. The Morgan fingerprint density at radius 3 is 2.03 bits per heavy atom. The highest BCUT2D eigenvalue weighted by atomic mass is 16.2. The Kier molecular flexibility index (Phi) is 6.60. The van der Waals surface area contributed by atoms with E-state index in [0.717, 1.165) is 37.1 Å². The summed E-state index contributed by atoms with van der Waals surface area (Å²) >= 11 is 0. The van der Waals surface area contributed by atoms with Gasteiger partial charge in [-0.25, -0.2) is 4.79 Å². The lowest BCUT2D eigenvalue weighted by atomic mass is 9.96. The number of nitrogens with zero attached hydrogens (tertiary/aromatic N) is 2. The van der Waals surface area contributed by atoms with Crippen LogP contribution < -0.4 is 15.5 Å². The first-order valence-electron chi connectivity index (χ1n) is 10.6. The normalized spacial score (nSPS) is 14.5. The van der Waals surface area contributed by atoms with Crippen LogP contribution in [0.3, 0.4) is 0 Å². The molecule has 0 aliphatic carbocycles. The van der Waals surface area contributed by atoms with Gasteiger partial charge < -0.3 is 15.5 Å². The van der Waals surface area contributed by atoms with Crippen LogP contribution in [0.5, 0.6) is 0 Å². The molecule has 5 nitrogen and oxygen atoms in total. The van der Waals surface area contributed by atoms with Crippen molar-refractivity contribution in [3.63, 3.8) is 0 Å². The number of aromatic nitrogens is 1. The van der Waals surface area contributed by atoms with Gasteiger partial charge in [-0.15, -0.1) is 0 Å². The molecule has 4 rings (SSSR count). The first-order valence-corrected chi connectivity index (χ1v) is 10.6. The van der Waals surface area contributed by atoms with Crippen LogP contribution in [0.15, 0.2) is 85.2 Å². The molecule has 2 amide bonds. The van der Waals surface area contributed by atoms with Crippen molar-refractivity contribution in [3.05, 3.63) is 96.3 Å². The number of amides is 2. The summed E-state index contributed by atoms with van der Waals surface area (Å²) in [5.41, 5.74) is 3.37. The summed E-state index contributed by atoms with van der Waals surface area (Å²) in [6.07, 6.45) is 5.82. The van der Waals surface area contributed by atoms with E-state index in [1.54, 1.807) is 0 Å². The van der Waals surface area contributed by atoms with E-state index in [4.69, 9.17) is 0 Å². The number of pyridine rings is 1. The van der Waals surface area contributed by atoms with E-state index in [9.17, 15) is 4.79 Å². The van der Waals surface area contributed by atoms with E-state index in [1.165, 1.54) is 5.69 Å². The maximum absolute atomic E-state index is 12.7. The van der Waals surface area contributed by atoms with E-state index >= 15 is 0 Å². The largest absolute Gasteiger partial charge is 0.371 e. The summed E-state index contributed by atoms with van der Waals surface area (Å²) in [6.45, 7) is 2.72. The second-order valence-electron chi connectivity index (χ2n) is 7.74. The number of piperidine rings is 1. The monoisotopic (exact) mass is 400 g/mol. The Morgan fingerprint density at radius 2 is 1.47 bits per heavy atom. The lowest BCUT2D eigenvalue weighted by molar-refractivity contribution is 0.235. The first kappa shape index (κ1) is 20.0. The molecule has 0 bridgehead atoms. The van der Waals surface area contributed by atoms with Crippen molar-refractivity contribution >= 4 is 11.7 Å². The lowest BCUT2D eigenvalue weighted by Crippen LogP contribution is -2.43. The highest BCUT2D eigenvalue weighted by Crippen LogP contribution is 2.23. The minimum atomic E-state index is -0.166. The van der Waals surface area contributed by atoms with E-state index in [2.05, 4.69) is 32.7 Å². The molecule has 1 saturated heterocycles. The topological polar surface area (TPSA) is 57.3 Å². The summed E-state index contributed by atoms with van der Waals surface area (Å²) in [6, 6.07) is 24.0. The number of rotatable bonds is 6. The molecule has 2 aromatic carbocycles. The molecule has 0 spiro atoms. The molecule has 0 unspecified atom stereocenters. The van der Waals surface area contributed by atoms with Crippen LogP contribution >= 0.6 is 0 Å². The molecule has 1 aliphatic rings. The number of anilines is 1. The zero-order valence-corrected chi connectivity index (χ0v) is 17.1. The van der Waals surface area contributed by atoms with Crippen molar-refractivity contribution in [3.8, 4) is 0 Å². The molecule has 1 aliphatic heterocycles. The maximum atomic E-state index is 12.7. The quantitative estimate of drug-likeness (QED) is 0.645. The predicted octanol–water partition coefficient (Wildman–Crippen LogP) is 4.39. The molecule has 0 saturated carbocycles. The fourth-order valence-corrected chi connectivity index (χ4v) is 4.02. The van der Waals surface area contributed by atoms with E-state index in [1.807, 2.05) is 73.1 Å². The van der Waals surface area contributed by atoms with Gasteiger partial charge in [-0.1, -0.05) is 60.7 Å². The van der Waals surface area contributed by atoms with Gasteiger partial charge in [-0.3, -0.25) is 4.98 Å². The molecule has 1 fully saturated rings. The Labute approximate surface area is 178 Å². The van der Waals surface area contributed by atoms with Crippen LogP contribution in [0.2, 0.25) is 0 Å². The lowest BCUT2D eigenvalue weighted by Gasteiger charge is -2.33. The van der Waals surface area contributed by atoms with Crippen LogP contribution in [0.25, 0.3) is 0 Å². The second-order valence-corrected chi connectivity index (χ2v) is 7.74. The van der Waals surface area contributed by atoms with Crippen molar-refractivity contribution in [2.75, 3.05) is 24.5 Å². The third-order valence-corrected chi connectivity index (χ3v) is 5.73. The van der Waals surface area contributed by atoms with Crippen LogP contribution in [0, 0.1) is 5.92 Å². The summed E-state index contributed by atoms with van der Waals surface area (Å²) in [5, 5.41) is 6.25. The summed E-state index contributed by atoms with van der Waals surface area (Å²) in [5.74, 6) is 0.501. The second kappa shape index (κ2) is 9.92. The fraction of sp³-hybridized carbons (Fsp3) is 0.280. The van der Waals surface area contributed by atoms with Crippen LogP contribution in [-0.4, -0.2) is 30.6 Å². The Bertz CT molecular complexity index is 870. The van der Waals surface area contributed by atoms with Crippen molar-refractivity contribution in [2.45, 2.75) is 18.9 Å². The van der Waals surface area contributed by atoms with Crippen molar-refractivity contribution in [1.82, 2.24) is 15.6 Å². The van der Waals surface area contributed by atoms with Crippen molar-refractivity contribution in [2.24, 2.45) is 5.92 Å². The first-order chi connectivity index (χ1) is 14.8. The molecule has 2 N–H and O–H groups in total. The third-order valence-electron chi connectivity index (χ3n) is 5.73. The van der Waals surface area contributed by atoms with Gasteiger partial charge in [0.2, 0.25) is 0 Å². The number of hydrogen-bond donors (Lipinski definition) is 2. The summed E-state index contributed by atoms with van der Waals surface area (Å²) in [4.78, 5) is 19.2. The van der Waals surface area contributed by atoms with Gasteiger partial charge in [0.05, 0.1) is 6.04 Å². The van der Waals surface area contributed by atoms with Crippen LogP contribution in [0.4, 0.5) is 10.5 Å². The highest BCUT2D eigenvalue weighted by Gasteiger charge is 2.21. The smallest absolute Gasteiger partial charge is 0.315 e. The zero-order valence-electron chi connectivity index (χ0n) is 17.1. The summed E-state index contributed by atoms with van der Waals surface area (Å²) in [7, 11) is 0. The minimum Gasteiger partial charge on any atom is -0.371 e. The van der Waals surface area contributed by atoms with Gasteiger partial charge in [0, 0.05) is 37.7 Å². The standard InChI is InChI=1S/C25H28N4O/c30-25(27-19-20-13-17-29(18-14-20)23-11-15-26-16-12-23)28-24(21-7-3-1-4-8-21)22-9-5-2-6-10-22/h1-12,15-16,20,24H,13-14,17-19H2,(H2,27,28,30). The maximum Gasteiger partial charge on any atom is 0.315 e. The molecule has 154 valence electrons. The number of nitrogens with one attached hydrogen (secondary N) is 2. The molecule has 2 heterocycles. The van der Waals surface area contributed by atoms with Gasteiger partial charge in [0.25, 0.3) is 0 Å². The molecule has 0 atom stereocenters. The van der Waals surface area contributed by atoms with Crippen molar-refractivity contribution in [1.29, 1.82) is 0 Å². The third kappa shape index (κ3) is 5.17. The molecule has 30 heavy (non-hydrogen) atoms. The SMILES string of the molecule is O=C(NCC1CCN(c2ccncc2)CC1)NC(c1ccccc1)c1ccccc1. The van der Waals surface area contributed by atoms with E-state index < -0.39 is 0 Å². The minimum absolute atomic E-state index is 0.121. The zero-order chi connectivity index (χ0) is 20.6. The summed E-state index contributed by atoms with van der Waals surface area (Å²) < 4.78 is 0. The Morgan fingerprint density at radius 1 is 0.900 bits per heavy atom. The predicted molar refractivity (Wildman–Crippen MR) is 120 cm³/mol. The van der Waals surface area contributed by atoms with E-state index in [-0.39, 0.29) is 12.1 Å². The molecule has 1 aromatic heterocycles. The van der Waals surface area contributed by atoms with Gasteiger partial charge >= 0.3 is 6.03 Å². The molecule has 0 radical (unpaired) electrons. The Hall–Kier alpha value is -3.34. The highest BCUT2D eigenvalue weighted by molar-refractivity contribution is 5.75. The van der Waals surface area contributed by atoms with Crippen molar-refractivity contribution < 1.29 is 4.79 Å². The van der Waals surface area contributed by atoms with Crippen LogP contribution in [0.1, 0.15) is 30.0 Å². The van der Waals surface area contributed by atoms with E-state index in [0.29, 0.717) is 12.5 Å². The average Bonchev–Trinajstić information content (AvgIpc) is 2.83. The fourth-order valence-electron chi connectivity index (χ4n) is 4.02. The van der Waals surface area contributed by atoms with Crippen LogP contribution in [-0.2, 0) is 0 Å². The van der Waals surface area contributed by atoms with Gasteiger partial charge in [0.1, 0.15) is 0 Å². The molecule has 3 aromatic rings. The molecule has 5 heteroatoms. The number of carbonyl (C=O) groups is 1. The Balaban J connectivity index is 1.30. The number of hydrogen-bond acceptors (Lipinski definition) is 3. The van der Waals surface area contributed by atoms with Gasteiger partial charge in [0.15, 0.2) is 0 Å². The molecular formula is C25H28N4O. The number of benzene rings is 2. The number of carbonyl (C=O) groups excluding carboxylic acids is 1.